The SMILES string of the molecule is Cc1cccn2c(=O)c(/C=C3\SC(=S)N(CC(C)C)C3=O)c(N3CCCCC3)nc12. The number of nitrogens with zero attached hydrogens (tertiary/aromatic N) is 4. The van der Waals surface area contributed by atoms with Crippen molar-refractivity contribution in [1.29, 1.82) is 0 Å². The van der Waals surface area contributed by atoms with Gasteiger partial charge in [0.15, 0.2) is 0 Å². The molecule has 158 valence electrons. The summed E-state index contributed by atoms with van der Waals surface area (Å²) in [5.74, 6) is 0.854. The van der Waals surface area contributed by atoms with Crippen molar-refractivity contribution < 1.29 is 4.79 Å². The number of carbonyl (C=O) groups excluding carboxylic acids is 1. The Morgan fingerprint density at radius 3 is 2.67 bits per heavy atom. The number of hydrogen-bond acceptors (Lipinski definition) is 6. The molecular formula is C22H26N4O2S2. The van der Waals surface area contributed by atoms with Crippen molar-refractivity contribution in [3.05, 3.63) is 44.7 Å². The maximum Gasteiger partial charge on any atom is 0.267 e. The molecular weight excluding hydrogens is 416 g/mol. The summed E-state index contributed by atoms with van der Waals surface area (Å²) in [4.78, 5) is 35.6. The lowest BCUT2D eigenvalue weighted by atomic mass is 10.1. The van der Waals surface area contributed by atoms with Crippen LogP contribution in [0.4, 0.5) is 5.82 Å². The molecule has 0 unspecified atom stereocenters. The second-order valence-corrected chi connectivity index (χ2v) is 9.95. The van der Waals surface area contributed by atoms with Gasteiger partial charge in [-0.05, 0) is 49.8 Å². The third-order valence-electron chi connectivity index (χ3n) is 5.42. The number of piperidine rings is 1. The molecule has 1 amide bonds. The molecule has 8 heteroatoms. The molecule has 4 heterocycles. The van der Waals surface area contributed by atoms with Gasteiger partial charge in [0.25, 0.3) is 11.5 Å². The third kappa shape index (κ3) is 3.90. The van der Waals surface area contributed by atoms with Gasteiger partial charge in [-0.25, -0.2) is 4.98 Å². The standard InChI is InChI=1S/C22H26N4O2S2/c1-14(2)13-26-21(28)17(30-22(26)29)12-16-19(24-9-5-4-6-10-24)23-18-15(3)8-7-11-25(18)20(16)27/h7-8,11-12,14H,4-6,9-10,13H2,1-3H3/b17-12-. The maximum absolute atomic E-state index is 13.5. The van der Waals surface area contributed by atoms with Gasteiger partial charge in [-0.3, -0.25) is 18.9 Å². The van der Waals surface area contributed by atoms with E-state index in [9.17, 15) is 9.59 Å². The van der Waals surface area contributed by atoms with Crippen LogP contribution in [0.15, 0.2) is 28.0 Å². The summed E-state index contributed by atoms with van der Waals surface area (Å²) in [6, 6.07) is 3.80. The smallest absolute Gasteiger partial charge is 0.267 e. The zero-order chi connectivity index (χ0) is 21.4. The minimum absolute atomic E-state index is 0.128. The zero-order valence-electron chi connectivity index (χ0n) is 17.6. The van der Waals surface area contributed by atoms with Gasteiger partial charge in [-0.2, -0.15) is 0 Å². The molecule has 30 heavy (non-hydrogen) atoms. The van der Waals surface area contributed by atoms with Crippen LogP contribution in [0.1, 0.15) is 44.2 Å². The van der Waals surface area contributed by atoms with E-state index in [1.54, 1.807) is 21.6 Å². The molecule has 2 aromatic heterocycles. The molecule has 2 aliphatic rings. The lowest BCUT2D eigenvalue weighted by Crippen LogP contribution is -2.34. The summed E-state index contributed by atoms with van der Waals surface area (Å²) >= 11 is 6.70. The topological polar surface area (TPSA) is 57.9 Å². The first kappa shape index (κ1) is 21.1. The van der Waals surface area contributed by atoms with Crippen molar-refractivity contribution in [2.75, 3.05) is 24.5 Å². The molecule has 0 aliphatic carbocycles. The van der Waals surface area contributed by atoms with E-state index in [1.807, 2.05) is 19.1 Å². The summed E-state index contributed by atoms with van der Waals surface area (Å²) in [5, 5.41) is 0. The van der Waals surface area contributed by atoms with Gasteiger partial charge in [0.1, 0.15) is 15.8 Å². The first-order valence-corrected chi connectivity index (χ1v) is 11.6. The highest BCUT2D eigenvalue weighted by Gasteiger charge is 2.33. The van der Waals surface area contributed by atoms with E-state index in [0.29, 0.717) is 38.7 Å². The van der Waals surface area contributed by atoms with Crippen molar-refractivity contribution in [1.82, 2.24) is 14.3 Å². The Morgan fingerprint density at radius 1 is 1.23 bits per heavy atom. The molecule has 0 spiro atoms. The second-order valence-electron chi connectivity index (χ2n) is 8.27. The Morgan fingerprint density at radius 2 is 1.97 bits per heavy atom. The first-order chi connectivity index (χ1) is 14.4. The normalized spacial score (nSPS) is 19.0. The van der Waals surface area contributed by atoms with Gasteiger partial charge in [0, 0.05) is 25.8 Å². The molecule has 0 radical (unpaired) electrons. The number of thioether (sulfide) groups is 1. The van der Waals surface area contributed by atoms with Gasteiger partial charge >= 0.3 is 0 Å². The van der Waals surface area contributed by atoms with Crippen LogP contribution < -0.4 is 10.5 Å². The van der Waals surface area contributed by atoms with E-state index >= 15 is 0 Å². The Hall–Kier alpha value is -2.19. The quantitative estimate of drug-likeness (QED) is 0.530. The molecule has 2 aliphatic heterocycles. The molecule has 0 N–H and O–H groups in total. The van der Waals surface area contributed by atoms with Gasteiger partial charge in [-0.1, -0.05) is 43.9 Å². The third-order valence-corrected chi connectivity index (χ3v) is 6.79. The molecule has 0 saturated carbocycles. The summed E-state index contributed by atoms with van der Waals surface area (Å²) in [5.41, 5.74) is 1.92. The average molecular weight is 443 g/mol. The van der Waals surface area contributed by atoms with E-state index in [1.165, 1.54) is 18.2 Å². The number of aromatic nitrogens is 2. The van der Waals surface area contributed by atoms with Gasteiger partial charge in [0.2, 0.25) is 0 Å². The van der Waals surface area contributed by atoms with Crippen molar-refractivity contribution in [3.8, 4) is 0 Å². The molecule has 0 atom stereocenters. The molecule has 0 bridgehead atoms. The van der Waals surface area contributed by atoms with E-state index in [-0.39, 0.29) is 11.5 Å². The van der Waals surface area contributed by atoms with Crippen LogP contribution in [0.5, 0.6) is 0 Å². The first-order valence-electron chi connectivity index (χ1n) is 10.4. The highest BCUT2D eigenvalue weighted by atomic mass is 32.2. The van der Waals surface area contributed by atoms with Crippen LogP contribution in [0.2, 0.25) is 0 Å². The van der Waals surface area contributed by atoms with Crippen LogP contribution >= 0.6 is 24.0 Å². The Balaban J connectivity index is 1.86. The number of pyridine rings is 1. The number of thiocarbonyl (C=S) groups is 1. The Kier molecular flexibility index (Phi) is 5.97. The fraction of sp³-hybridized carbons (Fsp3) is 0.455. The summed E-state index contributed by atoms with van der Waals surface area (Å²) in [6.07, 6.45) is 6.77. The number of anilines is 1. The van der Waals surface area contributed by atoms with Crippen molar-refractivity contribution in [3.63, 3.8) is 0 Å². The van der Waals surface area contributed by atoms with E-state index in [4.69, 9.17) is 17.2 Å². The van der Waals surface area contributed by atoms with Crippen LogP contribution in [0.25, 0.3) is 11.7 Å². The number of aryl methyl sites for hydroxylation is 1. The number of amides is 1. The van der Waals surface area contributed by atoms with Gasteiger partial charge in [-0.15, -0.1) is 0 Å². The van der Waals surface area contributed by atoms with Crippen molar-refractivity contribution >= 4 is 51.7 Å². The lowest BCUT2D eigenvalue weighted by Gasteiger charge is -2.29. The van der Waals surface area contributed by atoms with E-state index < -0.39 is 0 Å². The van der Waals surface area contributed by atoms with Gasteiger partial charge in [0.05, 0.1) is 10.5 Å². The molecule has 4 rings (SSSR count). The number of rotatable bonds is 4. The zero-order valence-corrected chi connectivity index (χ0v) is 19.2. The largest absolute Gasteiger partial charge is 0.356 e. The Labute approximate surface area is 186 Å². The van der Waals surface area contributed by atoms with Gasteiger partial charge < -0.3 is 4.90 Å². The predicted octanol–water partition coefficient (Wildman–Crippen LogP) is 3.85. The number of hydrogen-bond donors (Lipinski definition) is 0. The second kappa shape index (κ2) is 8.51. The molecule has 0 aromatic carbocycles. The number of fused-ring (bicyclic) bond motifs is 1. The van der Waals surface area contributed by atoms with E-state index in [0.717, 1.165) is 31.5 Å². The van der Waals surface area contributed by atoms with E-state index in [2.05, 4.69) is 18.7 Å². The molecule has 2 saturated heterocycles. The fourth-order valence-corrected chi connectivity index (χ4v) is 5.18. The average Bonchev–Trinajstić information content (AvgIpc) is 2.98. The van der Waals surface area contributed by atoms with Crippen LogP contribution in [0, 0.1) is 12.8 Å². The summed E-state index contributed by atoms with van der Waals surface area (Å²) in [6.45, 7) is 8.37. The van der Waals surface area contributed by atoms with Crippen LogP contribution in [-0.4, -0.2) is 44.1 Å². The molecule has 6 nitrogen and oxygen atoms in total. The number of carbonyl (C=O) groups is 1. The highest BCUT2D eigenvalue weighted by molar-refractivity contribution is 8.26. The monoisotopic (exact) mass is 442 g/mol. The summed E-state index contributed by atoms with van der Waals surface area (Å²) < 4.78 is 2.12. The van der Waals surface area contributed by atoms with Crippen molar-refractivity contribution in [2.24, 2.45) is 5.92 Å². The Bertz CT molecular complexity index is 1100. The maximum atomic E-state index is 13.5. The molecule has 2 aromatic rings. The lowest BCUT2D eigenvalue weighted by molar-refractivity contribution is -0.122. The van der Waals surface area contributed by atoms with Crippen LogP contribution in [0.3, 0.4) is 0 Å². The predicted molar refractivity (Wildman–Crippen MR) is 127 cm³/mol. The van der Waals surface area contributed by atoms with Crippen molar-refractivity contribution in [2.45, 2.75) is 40.0 Å². The van der Waals surface area contributed by atoms with Crippen LogP contribution in [-0.2, 0) is 4.79 Å². The molecule has 2 fully saturated rings. The minimum atomic E-state index is -0.154. The summed E-state index contributed by atoms with van der Waals surface area (Å²) in [7, 11) is 0. The highest BCUT2D eigenvalue weighted by Crippen LogP contribution is 2.34. The fourth-order valence-electron chi connectivity index (χ4n) is 3.93. The minimum Gasteiger partial charge on any atom is -0.356 e.